The van der Waals surface area contributed by atoms with E-state index in [4.69, 9.17) is 0 Å². The molecule has 2 rings (SSSR count). The fourth-order valence-electron chi connectivity index (χ4n) is 2.76. The van der Waals surface area contributed by atoms with Crippen molar-refractivity contribution in [3.05, 3.63) is 29.8 Å². The van der Waals surface area contributed by atoms with Crippen LogP contribution in [0.1, 0.15) is 38.2 Å². The molecule has 18 heavy (non-hydrogen) atoms. The molecule has 100 valence electrons. The number of aryl methyl sites for hydroxylation is 1. The molecule has 0 heterocycles. The number of sulfone groups is 1. The summed E-state index contributed by atoms with van der Waals surface area (Å²) in [5.74, 6) is 1.20. The van der Waals surface area contributed by atoms with Crippen LogP contribution in [0.15, 0.2) is 29.2 Å². The molecule has 0 saturated heterocycles. The van der Waals surface area contributed by atoms with E-state index in [-0.39, 0.29) is 0 Å². The zero-order chi connectivity index (χ0) is 13.2. The van der Waals surface area contributed by atoms with Crippen molar-refractivity contribution in [3.63, 3.8) is 0 Å². The van der Waals surface area contributed by atoms with Crippen LogP contribution in [0.2, 0.25) is 0 Å². The normalized spacial score (nSPS) is 25.0. The molecule has 0 aromatic heterocycles. The monoisotopic (exact) mass is 266 g/mol. The molecule has 0 radical (unpaired) electrons. The van der Waals surface area contributed by atoms with Crippen molar-refractivity contribution in [3.8, 4) is 0 Å². The molecule has 0 spiro atoms. The van der Waals surface area contributed by atoms with E-state index >= 15 is 0 Å². The highest BCUT2D eigenvalue weighted by atomic mass is 32.2. The van der Waals surface area contributed by atoms with Gasteiger partial charge in [-0.25, -0.2) is 8.42 Å². The molecule has 0 unspecified atom stereocenters. The largest absolute Gasteiger partial charge is 0.224 e. The molecular weight excluding hydrogens is 244 g/mol. The molecule has 0 bridgehead atoms. The van der Waals surface area contributed by atoms with Gasteiger partial charge in [0.2, 0.25) is 0 Å². The molecule has 1 aromatic carbocycles. The molecule has 2 atom stereocenters. The van der Waals surface area contributed by atoms with Gasteiger partial charge in [-0.05, 0) is 37.3 Å². The van der Waals surface area contributed by atoms with Crippen molar-refractivity contribution in [2.24, 2.45) is 11.8 Å². The smallest absolute Gasteiger partial charge is 0.178 e. The van der Waals surface area contributed by atoms with Gasteiger partial charge >= 0.3 is 0 Å². The molecule has 3 heteroatoms. The molecule has 1 aliphatic rings. The maximum Gasteiger partial charge on any atom is 0.178 e. The third kappa shape index (κ3) is 3.14. The van der Waals surface area contributed by atoms with Gasteiger partial charge in [0, 0.05) is 0 Å². The average molecular weight is 266 g/mol. The summed E-state index contributed by atoms with van der Waals surface area (Å²) in [5, 5.41) is 0. The fourth-order valence-corrected chi connectivity index (χ4v) is 4.57. The van der Waals surface area contributed by atoms with E-state index in [1.807, 2.05) is 19.1 Å². The molecular formula is C15H22O2S. The van der Waals surface area contributed by atoms with Crippen LogP contribution in [0, 0.1) is 18.8 Å². The first-order valence-electron chi connectivity index (χ1n) is 6.78. The van der Waals surface area contributed by atoms with Gasteiger partial charge in [-0.1, -0.05) is 43.9 Å². The summed E-state index contributed by atoms with van der Waals surface area (Å²) in [7, 11) is -3.11. The maximum absolute atomic E-state index is 12.4. The Balaban J connectivity index is 2.13. The van der Waals surface area contributed by atoms with E-state index in [0.717, 1.165) is 12.0 Å². The average Bonchev–Trinajstić information content (AvgIpc) is 2.32. The minimum absolute atomic E-state index is 0.317. The Bertz CT molecular complexity index is 488. The minimum atomic E-state index is -3.11. The van der Waals surface area contributed by atoms with E-state index in [0.29, 0.717) is 22.5 Å². The highest BCUT2D eigenvalue weighted by molar-refractivity contribution is 7.91. The predicted molar refractivity (Wildman–Crippen MR) is 74.4 cm³/mol. The van der Waals surface area contributed by atoms with Crippen molar-refractivity contribution in [1.82, 2.24) is 0 Å². The summed E-state index contributed by atoms with van der Waals surface area (Å²) >= 11 is 0. The topological polar surface area (TPSA) is 34.1 Å². The third-order valence-electron chi connectivity index (χ3n) is 4.10. The molecule has 1 fully saturated rings. The van der Waals surface area contributed by atoms with Gasteiger partial charge < -0.3 is 0 Å². The second-order valence-electron chi connectivity index (χ2n) is 5.62. The maximum atomic E-state index is 12.4. The number of benzene rings is 1. The predicted octanol–water partition coefficient (Wildman–Crippen LogP) is 3.60. The van der Waals surface area contributed by atoms with Crippen molar-refractivity contribution in [2.45, 2.75) is 44.4 Å². The van der Waals surface area contributed by atoms with Crippen molar-refractivity contribution >= 4 is 9.84 Å². The van der Waals surface area contributed by atoms with Gasteiger partial charge in [-0.2, -0.15) is 0 Å². The van der Waals surface area contributed by atoms with Gasteiger partial charge in [0.25, 0.3) is 0 Å². The molecule has 0 N–H and O–H groups in total. The highest BCUT2D eigenvalue weighted by Crippen LogP contribution is 2.31. The third-order valence-corrected chi connectivity index (χ3v) is 5.96. The lowest BCUT2D eigenvalue weighted by Crippen LogP contribution is -2.25. The van der Waals surface area contributed by atoms with E-state index in [9.17, 15) is 8.42 Å². The van der Waals surface area contributed by atoms with E-state index in [1.165, 1.54) is 19.3 Å². The van der Waals surface area contributed by atoms with Crippen molar-refractivity contribution < 1.29 is 8.42 Å². The first kappa shape index (κ1) is 13.6. The van der Waals surface area contributed by atoms with Crippen molar-refractivity contribution in [1.29, 1.82) is 0 Å². The quantitative estimate of drug-likeness (QED) is 0.837. The van der Waals surface area contributed by atoms with Gasteiger partial charge in [-0.3, -0.25) is 0 Å². The Kier molecular flexibility index (Phi) is 4.10. The number of hydrogen-bond donors (Lipinski definition) is 0. The Labute approximate surface area is 110 Å². The zero-order valence-electron chi connectivity index (χ0n) is 11.2. The van der Waals surface area contributed by atoms with Gasteiger partial charge in [-0.15, -0.1) is 0 Å². The van der Waals surface area contributed by atoms with Crippen molar-refractivity contribution in [2.75, 3.05) is 5.75 Å². The fraction of sp³-hybridized carbons (Fsp3) is 0.600. The Morgan fingerprint density at radius 2 is 1.72 bits per heavy atom. The van der Waals surface area contributed by atoms with Crippen LogP contribution in [-0.4, -0.2) is 14.2 Å². The summed E-state index contributed by atoms with van der Waals surface area (Å²) in [5.41, 5.74) is 1.10. The van der Waals surface area contributed by atoms with Crippen LogP contribution < -0.4 is 0 Å². The second kappa shape index (κ2) is 5.43. The molecule has 0 amide bonds. The van der Waals surface area contributed by atoms with Gasteiger partial charge in [0.05, 0.1) is 10.6 Å². The molecule has 2 nitrogen and oxygen atoms in total. The van der Waals surface area contributed by atoms with Gasteiger partial charge in [0.15, 0.2) is 9.84 Å². The van der Waals surface area contributed by atoms with Crippen LogP contribution in [0.5, 0.6) is 0 Å². The second-order valence-corrected chi connectivity index (χ2v) is 7.65. The summed E-state index contributed by atoms with van der Waals surface area (Å²) < 4.78 is 24.7. The molecule has 0 aliphatic heterocycles. The first-order valence-corrected chi connectivity index (χ1v) is 8.44. The van der Waals surface area contributed by atoms with Crippen LogP contribution in [-0.2, 0) is 9.84 Å². The molecule has 1 aliphatic carbocycles. The summed E-state index contributed by atoms with van der Waals surface area (Å²) in [6.45, 7) is 4.16. The molecule has 1 aromatic rings. The summed E-state index contributed by atoms with van der Waals surface area (Å²) in [6.07, 6.45) is 4.67. The van der Waals surface area contributed by atoms with E-state index in [2.05, 4.69) is 6.92 Å². The SMILES string of the molecule is Cc1ccc(S(=O)(=O)C[C@@H]2CCCC[C@H]2C)cc1. The van der Waals surface area contributed by atoms with E-state index in [1.54, 1.807) is 12.1 Å². The van der Waals surface area contributed by atoms with Crippen LogP contribution in [0.4, 0.5) is 0 Å². The Morgan fingerprint density at radius 3 is 2.33 bits per heavy atom. The highest BCUT2D eigenvalue weighted by Gasteiger charge is 2.27. The number of rotatable bonds is 3. The lowest BCUT2D eigenvalue weighted by atomic mass is 9.82. The van der Waals surface area contributed by atoms with Crippen LogP contribution >= 0.6 is 0 Å². The lowest BCUT2D eigenvalue weighted by molar-refractivity contribution is 0.279. The first-order chi connectivity index (χ1) is 8.49. The number of hydrogen-bond acceptors (Lipinski definition) is 2. The Hall–Kier alpha value is -0.830. The van der Waals surface area contributed by atoms with Crippen LogP contribution in [0.25, 0.3) is 0 Å². The standard InChI is InChI=1S/C15H22O2S/c1-12-7-9-15(10-8-12)18(16,17)11-14-6-4-3-5-13(14)2/h7-10,13-14H,3-6,11H2,1-2H3/t13-,14+/m1/s1. The van der Waals surface area contributed by atoms with Gasteiger partial charge in [0.1, 0.15) is 0 Å². The summed E-state index contributed by atoms with van der Waals surface area (Å²) in [4.78, 5) is 0.478. The summed E-state index contributed by atoms with van der Waals surface area (Å²) in [6, 6.07) is 7.21. The minimum Gasteiger partial charge on any atom is -0.224 e. The lowest BCUT2D eigenvalue weighted by Gasteiger charge is -2.28. The van der Waals surface area contributed by atoms with E-state index < -0.39 is 9.84 Å². The molecule has 1 saturated carbocycles. The zero-order valence-corrected chi connectivity index (χ0v) is 12.0. The van der Waals surface area contributed by atoms with Crippen LogP contribution in [0.3, 0.4) is 0 Å². The Morgan fingerprint density at radius 1 is 1.11 bits per heavy atom.